The molecule has 5 N–H and O–H groups in total. The van der Waals surface area contributed by atoms with Crippen LogP contribution in [0.5, 0.6) is 11.5 Å². The third-order valence-electron chi connectivity index (χ3n) is 6.30. The summed E-state index contributed by atoms with van der Waals surface area (Å²) in [7, 11) is 3.00. The maximum atomic E-state index is 12.8. The van der Waals surface area contributed by atoms with Crippen molar-refractivity contribution in [1.82, 2.24) is 10.3 Å². The number of amidine groups is 1. The van der Waals surface area contributed by atoms with E-state index < -0.39 is 5.91 Å². The van der Waals surface area contributed by atoms with E-state index in [1.54, 1.807) is 36.5 Å². The average Bonchev–Trinajstić information content (AvgIpc) is 2.88. The highest BCUT2D eigenvalue weighted by Crippen LogP contribution is 2.46. The van der Waals surface area contributed by atoms with Crippen molar-refractivity contribution < 1.29 is 14.3 Å². The van der Waals surface area contributed by atoms with Gasteiger partial charge < -0.3 is 31.2 Å². The standard InChI is InChI=1S/C27H30Cl2N6O3/c1-14-12-35(13-15(2)33-14)17-6-8-20(32-11-17)27(36)34-26(31)18-7-5-16(9-19(18)30)23-24(28)21(37-3)10-22(38-4)25(23)29/h5-11,14-15,33H,12-13,30H2,1-4H3,(H2,31,34,36)/t14-,15+. The van der Waals surface area contributed by atoms with Crippen molar-refractivity contribution in [2.75, 3.05) is 37.9 Å². The SMILES string of the molecule is COc1cc(OC)c(Cl)c(-c2ccc(C(N)=NC(=O)c3ccc(N4C[C@@H](C)N[C@@H](C)C4)cn3)c(N)c2)c1Cl. The van der Waals surface area contributed by atoms with Crippen LogP contribution in [0.15, 0.2) is 47.6 Å². The molecule has 0 unspecified atom stereocenters. The van der Waals surface area contributed by atoms with Crippen molar-refractivity contribution in [2.45, 2.75) is 25.9 Å². The summed E-state index contributed by atoms with van der Waals surface area (Å²) < 4.78 is 10.7. The van der Waals surface area contributed by atoms with Crippen LogP contribution in [0, 0.1) is 0 Å². The number of pyridine rings is 1. The number of halogens is 2. The molecule has 1 aliphatic heterocycles. The van der Waals surface area contributed by atoms with E-state index in [0.717, 1.165) is 18.8 Å². The highest BCUT2D eigenvalue weighted by atomic mass is 35.5. The Morgan fingerprint density at radius 2 is 1.68 bits per heavy atom. The van der Waals surface area contributed by atoms with Gasteiger partial charge in [-0.05, 0) is 43.7 Å². The van der Waals surface area contributed by atoms with E-state index in [0.29, 0.717) is 50.3 Å². The van der Waals surface area contributed by atoms with Crippen molar-refractivity contribution in [3.05, 3.63) is 63.9 Å². The van der Waals surface area contributed by atoms with Gasteiger partial charge in [-0.25, -0.2) is 4.98 Å². The lowest BCUT2D eigenvalue weighted by molar-refractivity contribution is 0.0998. The minimum Gasteiger partial charge on any atom is -0.495 e. The zero-order valence-corrected chi connectivity index (χ0v) is 23.1. The molecule has 1 aromatic heterocycles. The Hall–Kier alpha value is -3.53. The average molecular weight is 557 g/mol. The Morgan fingerprint density at radius 1 is 1.05 bits per heavy atom. The summed E-state index contributed by atoms with van der Waals surface area (Å²) in [6.45, 7) is 6.00. The topological polar surface area (TPSA) is 128 Å². The molecule has 1 fully saturated rings. The molecule has 4 rings (SSSR count). The normalized spacial score (nSPS) is 17.8. The number of ether oxygens (including phenoxy) is 2. The molecule has 1 aliphatic rings. The first kappa shape index (κ1) is 27.5. The summed E-state index contributed by atoms with van der Waals surface area (Å²) in [5.74, 6) is 0.201. The zero-order valence-electron chi connectivity index (χ0n) is 21.6. The van der Waals surface area contributed by atoms with Crippen LogP contribution in [-0.2, 0) is 0 Å². The van der Waals surface area contributed by atoms with Crippen LogP contribution < -0.4 is 31.2 Å². The lowest BCUT2D eigenvalue weighted by Crippen LogP contribution is -2.54. The number of nitrogens with zero attached hydrogens (tertiary/aromatic N) is 3. The van der Waals surface area contributed by atoms with Gasteiger partial charge in [0.2, 0.25) is 0 Å². The van der Waals surface area contributed by atoms with Gasteiger partial charge in [0.05, 0.1) is 36.1 Å². The number of methoxy groups -OCH3 is 2. The van der Waals surface area contributed by atoms with Gasteiger partial charge in [-0.15, -0.1) is 0 Å². The second-order valence-corrected chi connectivity index (χ2v) is 9.92. The Bertz CT molecular complexity index is 1340. The Balaban J connectivity index is 1.57. The molecule has 0 spiro atoms. The molecule has 9 nitrogen and oxygen atoms in total. The van der Waals surface area contributed by atoms with E-state index in [-0.39, 0.29) is 17.2 Å². The molecule has 3 aromatic rings. The molecule has 2 heterocycles. The molecular formula is C27H30Cl2N6O3. The van der Waals surface area contributed by atoms with Gasteiger partial charge in [0.15, 0.2) is 0 Å². The van der Waals surface area contributed by atoms with Crippen molar-refractivity contribution in [2.24, 2.45) is 10.7 Å². The van der Waals surface area contributed by atoms with E-state index in [1.807, 2.05) is 6.07 Å². The Kier molecular flexibility index (Phi) is 8.30. The zero-order chi connectivity index (χ0) is 27.6. The number of hydrogen-bond acceptors (Lipinski definition) is 7. The first-order chi connectivity index (χ1) is 18.1. The minimum atomic E-state index is -0.566. The van der Waals surface area contributed by atoms with E-state index >= 15 is 0 Å². The number of nitrogens with one attached hydrogen (secondary N) is 1. The largest absolute Gasteiger partial charge is 0.495 e. The van der Waals surface area contributed by atoms with Crippen LogP contribution in [0.4, 0.5) is 11.4 Å². The van der Waals surface area contributed by atoms with E-state index in [1.165, 1.54) is 14.2 Å². The molecule has 1 saturated heterocycles. The summed E-state index contributed by atoms with van der Waals surface area (Å²) in [5, 5.41) is 4.11. The van der Waals surface area contributed by atoms with Crippen LogP contribution in [0.3, 0.4) is 0 Å². The van der Waals surface area contributed by atoms with Crippen molar-refractivity contribution in [3.63, 3.8) is 0 Å². The number of rotatable bonds is 6. The van der Waals surface area contributed by atoms with Crippen LogP contribution in [0.1, 0.15) is 29.9 Å². The first-order valence-electron chi connectivity index (χ1n) is 12.0. The number of carbonyl (C=O) groups is 1. The molecule has 200 valence electrons. The second kappa shape index (κ2) is 11.5. The van der Waals surface area contributed by atoms with Gasteiger partial charge in [-0.1, -0.05) is 29.3 Å². The van der Waals surface area contributed by atoms with Gasteiger partial charge in [0.25, 0.3) is 5.91 Å². The van der Waals surface area contributed by atoms with Crippen LogP contribution in [0.2, 0.25) is 10.0 Å². The molecule has 0 aliphatic carbocycles. The highest BCUT2D eigenvalue weighted by molar-refractivity contribution is 6.41. The van der Waals surface area contributed by atoms with Gasteiger partial charge in [0, 0.05) is 48.1 Å². The number of aromatic nitrogens is 1. The molecule has 11 heteroatoms. The fraction of sp³-hybridized carbons (Fsp3) is 0.296. The smallest absolute Gasteiger partial charge is 0.297 e. The monoisotopic (exact) mass is 556 g/mol. The number of aliphatic imine (C=N–C) groups is 1. The van der Waals surface area contributed by atoms with Crippen molar-refractivity contribution in [3.8, 4) is 22.6 Å². The van der Waals surface area contributed by atoms with E-state index in [4.69, 9.17) is 44.1 Å². The number of benzene rings is 2. The summed E-state index contributed by atoms with van der Waals surface area (Å²) in [4.78, 5) is 23.4. The Morgan fingerprint density at radius 3 is 2.21 bits per heavy atom. The molecule has 0 radical (unpaired) electrons. The predicted octanol–water partition coefficient (Wildman–Crippen LogP) is 4.39. The van der Waals surface area contributed by atoms with Gasteiger partial charge in [0.1, 0.15) is 23.0 Å². The molecular weight excluding hydrogens is 527 g/mol. The summed E-state index contributed by atoms with van der Waals surface area (Å²) in [5.41, 5.74) is 15.4. The fourth-order valence-corrected chi connectivity index (χ4v) is 5.27. The second-order valence-electron chi connectivity index (χ2n) is 9.16. The first-order valence-corrected chi connectivity index (χ1v) is 12.7. The number of anilines is 2. The molecule has 2 atom stereocenters. The molecule has 1 amide bonds. The quantitative estimate of drug-likeness (QED) is 0.231. The molecule has 2 aromatic carbocycles. The van der Waals surface area contributed by atoms with Gasteiger partial charge in [-0.2, -0.15) is 4.99 Å². The summed E-state index contributed by atoms with van der Waals surface area (Å²) >= 11 is 13.1. The van der Waals surface area contributed by atoms with Crippen molar-refractivity contribution in [1.29, 1.82) is 0 Å². The van der Waals surface area contributed by atoms with Gasteiger partial charge >= 0.3 is 0 Å². The van der Waals surface area contributed by atoms with Crippen LogP contribution >= 0.6 is 23.2 Å². The van der Waals surface area contributed by atoms with Crippen LogP contribution in [0.25, 0.3) is 11.1 Å². The third kappa shape index (κ3) is 5.65. The van der Waals surface area contributed by atoms with Crippen molar-refractivity contribution >= 4 is 46.3 Å². The number of nitrogens with two attached hydrogens (primary N) is 2. The van der Waals surface area contributed by atoms with Gasteiger partial charge in [-0.3, -0.25) is 4.79 Å². The summed E-state index contributed by atoms with van der Waals surface area (Å²) in [6.07, 6.45) is 1.68. The molecule has 0 saturated carbocycles. The minimum absolute atomic E-state index is 0.0323. The number of amides is 1. The lowest BCUT2D eigenvalue weighted by atomic mass is 10.0. The van der Waals surface area contributed by atoms with Crippen LogP contribution in [-0.4, -0.2) is 56.1 Å². The van der Waals surface area contributed by atoms with E-state index in [2.05, 4.69) is 34.0 Å². The molecule has 0 bridgehead atoms. The highest BCUT2D eigenvalue weighted by Gasteiger charge is 2.22. The number of piperazine rings is 1. The predicted molar refractivity (Wildman–Crippen MR) is 153 cm³/mol. The lowest BCUT2D eigenvalue weighted by Gasteiger charge is -2.37. The maximum Gasteiger partial charge on any atom is 0.297 e. The van der Waals surface area contributed by atoms with E-state index in [9.17, 15) is 4.79 Å². The Labute approximate surface area is 231 Å². The maximum absolute atomic E-state index is 12.8. The number of carbonyl (C=O) groups excluding carboxylic acids is 1. The number of nitrogen functional groups attached to an aromatic ring is 1. The fourth-order valence-electron chi connectivity index (χ4n) is 4.55. The number of hydrogen-bond donors (Lipinski definition) is 3. The molecule has 38 heavy (non-hydrogen) atoms. The third-order valence-corrected chi connectivity index (χ3v) is 7.05. The summed E-state index contributed by atoms with van der Waals surface area (Å²) in [6, 6.07) is 10.9.